The van der Waals surface area contributed by atoms with Gasteiger partial charge in [-0.05, 0) is 38.4 Å². The van der Waals surface area contributed by atoms with E-state index in [4.69, 9.17) is 9.47 Å². The third-order valence-electron chi connectivity index (χ3n) is 4.60. The zero-order valence-electron chi connectivity index (χ0n) is 13.9. The fourth-order valence-corrected chi connectivity index (χ4v) is 3.37. The SMILES string of the molecule is COc1cc2c3[nH]cncc-3nc2cc1OCCCN1CCCC1. The molecule has 0 saturated carbocycles. The van der Waals surface area contributed by atoms with E-state index >= 15 is 0 Å². The molecule has 0 radical (unpaired) electrons. The molecule has 0 amide bonds. The second-order valence-electron chi connectivity index (χ2n) is 6.19. The average molecular weight is 326 g/mol. The van der Waals surface area contributed by atoms with Crippen molar-refractivity contribution in [2.24, 2.45) is 0 Å². The van der Waals surface area contributed by atoms with Crippen LogP contribution in [0.1, 0.15) is 19.3 Å². The first-order chi connectivity index (χ1) is 11.8. The molecule has 0 aliphatic carbocycles. The van der Waals surface area contributed by atoms with Gasteiger partial charge in [-0.3, -0.25) is 0 Å². The molecule has 1 N–H and O–H groups in total. The number of H-pyrrole nitrogens is 1. The minimum Gasteiger partial charge on any atom is -0.493 e. The number of hydrogen-bond acceptors (Lipinski definition) is 5. The first-order valence-electron chi connectivity index (χ1n) is 8.50. The summed E-state index contributed by atoms with van der Waals surface area (Å²) in [5.74, 6) is 1.49. The summed E-state index contributed by atoms with van der Waals surface area (Å²) in [6.07, 6.45) is 7.10. The minimum absolute atomic E-state index is 0.687. The van der Waals surface area contributed by atoms with Crippen LogP contribution < -0.4 is 9.47 Å². The van der Waals surface area contributed by atoms with E-state index in [1.807, 2.05) is 12.1 Å². The Morgan fingerprint density at radius 2 is 2.08 bits per heavy atom. The molecule has 3 aliphatic heterocycles. The number of nitrogens with zero attached hydrogens (tertiary/aromatic N) is 3. The van der Waals surface area contributed by atoms with Gasteiger partial charge >= 0.3 is 0 Å². The number of aromatic nitrogens is 3. The summed E-state index contributed by atoms with van der Waals surface area (Å²) in [5, 5.41) is 1.02. The third kappa shape index (κ3) is 2.89. The Labute approximate surface area is 141 Å². The second kappa shape index (κ2) is 6.65. The van der Waals surface area contributed by atoms with Crippen LogP contribution in [0.5, 0.6) is 11.5 Å². The number of hydrogen-bond donors (Lipinski definition) is 1. The van der Waals surface area contributed by atoms with Crippen molar-refractivity contribution in [3.8, 4) is 22.9 Å². The molecule has 1 fully saturated rings. The molecule has 24 heavy (non-hydrogen) atoms. The molecule has 1 saturated heterocycles. The van der Waals surface area contributed by atoms with Crippen LogP contribution in [-0.2, 0) is 0 Å². The Morgan fingerprint density at radius 3 is 2.92 bits per heavy atom. The van der Waals surface area contributed by atoms with Gasteiger partial charge in [-0.15, -0.1) is 0 Å². The molecule has 3 heterocycles. The number of ether oxygens (including phenoxy) is 2. The van der Waals surface area contributed by atoms with Crippen molar-refractivity contribution in [2.75, 3.05) is 33.4 Å². The Hall–Kier alpha value is -2.34. The van der Waals surface area contributed by atoms with Gasteiger partial charge in [-0.2, -0.15) is 0 Å². The van der Waals surface area contributed by atoms with E-state index in [2.05, 4.69) is 19.9 Å². The Bertz CT molecular complexity index is 795. The van der Waals surface area contributed by atoms with Gasteiger partial charge < -0.3 is 19.4 Å². The third-order valence-corrected chi connectivity index (χ3v) is 4.60. The maximum atomic E-state index is 5.97. The maximum absolute atomic E-state index is 5.97. The highest BCUT2D eigenvalue weighted by Gasteiger charge is 2.16. The summed E-state index contributed by atoms with van der Waals surface area (Å²) >= 11 is 0. The van der Waals surface area contributed by atoms with Gasteiger partial charge in [0.25, 0.3) is 0 Å². The summed E-state index contributed by atoms with van der Waals surface area (Å²) in [4.78, 5) is 14.3. The summed E-state index contributed by atoms with van der Waals surface area (Å²) in [6.45, 7) is 4.24. The van der Waals surface area contributed by atoms with Crippen LogP contribution in [0.25, 0.3) is 22.3 Å². The molecule has 1 aromatic rings. The molecule has 126 valence electrons. The fraction of sp³-hybridized carbons (Fsp3) is 0.444. The van der Waals surface area contributed by atoms with Crippen LogP contribution in [0.4, 0.5) is 0 Å². The van der Waals surface area contributed by atoms with E-state index in [9.17, 15) is 0 Å². The van der Waals surface area contributed by atoms with Gasteiger partial charge in [0.15, 0.2) is 11.5 Å². The summed E-state index contributed by atoms with van der Waals surface area (Å²) in [5.41, 5.74) is 2.71. The lowest BCUT2D eigenvalue weighted by Crippen LogP contribution is -2.21. The number of likely N-dealkylation sites (tertiary alicyclic amines) is 1. The number of aromatic amines is 1. The molecule has 4 rings (SSSR count). The zero-order chi connectivity index (χ0) is 16.4. The van der Waals surface area contributed by atoms with Crippen LogP contribution in [0.3, 0.4) is 0 Å². The lowest BCUT2D eigenvalue weighted by molar-refractivity contribution is 0.254. The van der Waals surface area contributed by atoms with E-state index in [1.54, 1.807) is 19.6 Å². The van der Waals surface area contributed by atoms with Crippen LogP contribution in [0.15, 0.2) is 24.7 Å². The standard InChI is InChI=1S/C18H22N4O2/c1-23-16-9-13-14(21-15-11-19-12-20-18(13)15)10-17(16)24-8-4-7-22-5-2-3-6-22/h9-12H,2-8H2,1H3,(H,19,20). The molecule has 6 nitrogen and oxygen atoms in total. The summed E-state index contributed by atoms with van der Waals surface area (Å²) < 4.78 is 11.5. The first kappa shape index (κ1) is 15.2. The van der Waals surface area contributed by atoms with Crippen molar-refractivity contribution in [2.45, 2.75) is 19.3 Å². The smallest absolute Gasteiger partial charge is 0.163 e. The number of fused-ring (bicyclic) bond motifs is 3. The number of nitrogens with one attached hydrogen (secondary N) is 1. The van der Waals surface area contributed by atoms with Crippen LogP contribution >= 0.6 is 0 Å². The first-order valence-corrected chi connectivity index (χ1v) is 8.50. The lowest BCUT2D eigenvalue weighted by Gasteiger charge is -2.15. The highest BCUT2D eigenvalue weighted by molar-refractivity contribution is 5.97. The van der Waals surface area contributed by atoms with E-state index in [1.165, 1.54) is 25.9 Å². The van der Waals surface area contributed by atoms with Crippen molar-refractivity contribution in [3.05, 3.63) is 24.7 Å². The summed E-state index contributed by atoms with van der Waals surface area (Å²) in [7, 11) is 1.67. The zero-order valence-corrected chi connectivity index (χ0v) is 13.9. The van der Waals surface area contributed by atoms with Crippen LogP contribution in [0.2, 0.25) is 0 Å². The van der Waals surface area contributed by atoms with E-state index in [-0.39, 0.29) is 0 Å². The topological polar surface area (TPSA) is 63.3 Å². The van der Waals surface area contributed by atoms with E-state index in [0.717, 1.165) is 46.8 Å². The normalized spacial score (nSPS) is 15.4. The summed E-state index contributed by atoms with van der Waals surface area (Å²) in [6, 6.07) is 3.94. The van der Waals surface area contributed by atoms with Crippen molar-refractivity contribution in [1.82, 2.24) is 19.9 Å². The second-order valence-corrected chi connectivity index (χ2v) is 6.19. The monoisotopic (exact) mass is 326 g/mol. The number of rotatable bonds is 6. The van der Waals surface area contributed by atoms with Gasteiger partial charge in [0.05, 0.1) is 37.5 Å². The molecule has 0 aromatic heterocycles. The highest BCUT2D eigenvalue weighted by atomic mass is 16.5. The largest absolute Gasteiger partial charge is 0.493 e. The van der Waals surface area contributed by atoms with Crippen molar-refractivity contribution >= 4 is 10.9 Å². The van der Waals surface area contributed by atoms with Gasteiger partial charge in [0, 0.05) is 18.0 Å². The van der Waals surface area contributed by atoms with Gasteiger partial charge in [-0.1, -0.05) is 0 Å². The highest BCUT2D eigenvalue weighted by Crippen LogP contribution is 2.37. The van der Waals surface area contributed by atoms with Gasteiger partial charge in [0.1, 0.15) is 5.69 Å². The predicted octanol–water partition coefficient (Wildman–Crippen LogP) is 2.94. The molecule has 0 bridgehead atoms. The molecule has 1 aromatic carbocycles. The van der Waals surface area contributed by atoms with Crippen molar-refractivity contribution in [1.29, 1.82) is 0 Å². The fourth-order valence-electron chi connectivity index (χ4n) is 3.37. The lowest BCUT2D eigenvalue weighted by atomic mass is 10.2. The maximum Gasteiger partial charge on any atom is 0.163 e. The Morgan fingerprint density at radius 1 is 1.21 bits per heavy atom. The quantitative estimate of drug-likeness (QED) is 0.706. The molecule has 0 atom stereocenters. The number of methoxy groups -OCH3 is 1. The van der Waals surface area contributed by atoms with Gasteiger partial charge in [-0.25, -0.2) is 9.97 Å². The van der Waals surface area contributed by atoms with Crippen molar-refractivity contribution < 1.29 is 9.47 Å². The Kier molecular flexibility index (Phi) is 4.21. The molecule has 0 unspecified atom stereocenters. The minimum atomic E-state index is 0.687. The average Bonchev–Trinajstić information content (AvgIpc) is 3.25. The van der Waals surface area contributed by atoms with Crippen molar-refractivity contribution in [3.63, 3.8) is 0 Å². The van der Waals surface area contributed by atoms with Crippen LogP contribution in [-0.4, -0.2) is 53.2 Å². The van der Waals surface area contributed by atoms with Crippen LogP contribution in [0, 0.1) is 0 Å². The predicted molar refractivity (Wildman–Crippen MR) is 92.8 cm³/mol. The van der Waals surface area contributed by atoms with E-state index < -0.39 is 0 Å². The molecule has 0 spiro atoms. The Balaban J connectivity index is 1.51. The number of benzene rings is 1. The molecular formula is C18H22N4O2. The molecule has 3 aliphatic rings. The van der Waals surface area contributed by atoms with E-state index in [0.29, 0.717) is 6.61 Å². The molecular weight excluding hydrogens is 304 g/mol. The molecule has 6 heteroatoms. The van der Waals surface area contributed by atoms with Gasteiger partial charge in [0.2, 0.25) is 0 Å².